The van der Waals surface area contributed by atoms with Crippen molar-refractivity contribution in [2.24, 2.45) is 5.92 Å². The Balaban J connectivity index is 1.48. The number of carbonyl (C=O) groups is 1. The summed E-state index contributed by atoms with van der Waals surface area (Å²) in [5.41, 5.74) is 2.72. The number of amides is 1. The molecule has 2 fully saturated rings. The Morgan fingerprint density at radius 1 is 1.07 bits per heavy atom. The first-order valence-electron chi connectivity index (χ1n) is 10.3. The number of likely N-dealkylation sites (tertiary alicyclic amines) is 2. The summed E-state index contributed by atoms with van der Waals surface area (Å²) in [6.45, 7) is 5.78. The fourth-order valence-electron chi connectivity index (χ4n) is 5.01. The van der Waals surface area contributed by atoms with Gasteiger partial charge >= 0.3 is 0 Å². The molecule has 0 aliphatic carbocycles. The predicted molar refractivity (Wildman–Crippen MR) is 112 cm³/mol. The number of ether oxygens (including phenoxy) is 1. The Labute approximate surface area is 168 Å². The summed E-state index contributed by atoms with van der Waals surface area (Å²) >= 11 is 0. The van der Waals surface area contributed by atoms with E-state index in [2.05, 4.69) is 52.3 Å². The first-order chi connectivity index (χ1) is 13.7. The number of piperidine rings is 1. The number of benzene rings is 2. The lowest BCUT2D eigenvalue weighted by molar-refractivity contribution is -0.130. The van der Waals surface area contributed by atoms with Crippen LogP contribution >= 0.6 is 0 Å². The highest BCUT2D eigenvalue weighted by Crippen LogP contribution is 2.41. The highest BCUT2D eigenvalue weighted by Gasteiger charge is 2.45. The normalized spacial score (nSPS) is 24.8. The maximum Gasteiger partial charge on any atom is 0.219 e. The molecule has 2 aromatic carbocycles. The van der Waals surface area contributed by atoms with Gasteiger partial charge in [0, 0.05) is 51.0 Å². The SMILES string of the molecule is COc1ccc([C@H]2CN(C(C)=O)[C@@H]3CCN(CCc4ccccc4)C[C@H]23)cc1. The number of hydrogen-bond acceptors (Lipinski definition) is 3. The van der Waals surface area contributed by atoms with Gasteiger partial charge in [-0.3, -0.25) is 4.79 Å². The van der Waals surface area contributed by atoms with E-state index in [1.54, 1.807) is 14.0 Å². The van der Waals surface area contributed by atoms with Gasteiger partial charge in [-0.05, 0) is 36.1 Å². The molecule has 2 aliphatic rings. The summed E-state index contributed by atoms with van der Waals surface area (Å²) in [6.07, 6.45) is 2.16. The molecule has 0 spiro atoms. The Morgan fingerprint density at radius 2 is 1.82 bits per heavy atom. The number of fused-ring (bicyclic) bond motifs is 1. The number of methoxy groups -OCH3 is 1. The van der Waals surface area contributed by atoms with Crippen LogP contribution < -0.4 is 4.74 Å². The maximum atomic E-state index is 12.3. The average Bonchev–Trinajstić information content (AvgIpc) is 3.12. The molecule has 3 atom stereocenters. The van der Waals surface area contributed by atoms with E-state index in [1.165, 1.54) is 11.1 Å². The molecule has 0 aromatic heterocycles. The molecule has 0 N–H and O–H groups in total. The zero-order chi connectivity index (χ0) is 19.5. The Hall–Kier alpha value is -2.33. The second kappa shape index (κ2) is 8.36. The highest BCUT2D eigenvalue weighted by atomic mass is 16.5. The van der Waals surface area contributed by atoms with E-state index in [9.17, 15) is 4.79 Å². The molecule has 4 rings (SSSR count). The van der Waals surface area contributed by atoms with E-state index >= 15 is 0 Å². The van der Waals surface area contributed by atoms with E-state index in [4.69, 9.17) is 4.74 Å². The minimum absolute atomic E-state index is 0.212. The third-order valence-electron chi connectivity index (χ3n) is 6.52. The lowest BCUT2D eigenvalue weighted by Crippen LogP contribution is -2.48. The molecule has 2 saturated heterocycles. The predicted octanol–water partition coefficient (Wildman–Crippen LogP) is 3.57. The molecule has 2 heterocycles. The number of nitrogens with zero attached hydrogens (tertiary/aromatic N) is 2. The van der Waals surface area contributed by atoms with Crippen LogP contribution in [0.25, 0.3) is 0 Å². The zero-order valence-corrected chi connectivity index (χ0v) is 16.9. The number of carbonyl (C=O) groups excluding carboxylic acids is 1. The molecule has 148 valence electrons. The quantitative estimate of drug-likeness (QED) is 0.797. The van der Waals surface area contributed by atoms with Gasteiger partial charge in [0.2, 0.25) is 5.91 Å². The lowest BCUT2D eigenvalue weighted by atomic mass is 9.81. The largest absolute Gasteiger partial charge is 0.497 e. The third-order valence-corrected chi connectivity index (χ3v) is 6.52. The summed E-state index contributed by atoms with van der Waals surface area (Å²) in [4.78, 5) is 17.0. The average molecular weight is 379 g/mol. The lowest BCUT2D eigenvalue weighted by Gasteiger charge is -2.38. The summed E-state index contributed by atoms with van der Waals surface area (Å²) in [5.74, 6) is 2.00. The van der Waals surface area contributed by atoms with Gasteiger partial charge in [-0.25, -0.2) is 0 Å². The van der Waals surface area contributed by atoms with Crippen molar-refractivity contribution in [2.75, 3.05) is 33.3 Å². The van der Waals surface area contributed by atoms with Crippen LogP contribution in [-0.4, -0.2) is 55.0 Å². The van der Waals surface area contributed by atoms with Crippen LogP contribution in [0.2, 0.25) is 0 Å². The summed E-state index contributed by atoms with van der Waals surface area (Å²) in [5, 5.41) is 0. The van der Waals surface area contributed by atoms with Gasteiger partial charge in [-0.15, -0.1) is 0 Å². The summed E-state index contributed by atoms with van der Waals surface area (Å²) < 4.78 is 5.32. The van der Waals surface area contributed by atoms with Crippen LogP contribution in [0.3, 0.4) is 0 Å². The maximum absolute atomic E-state index is 12.3. The van der Waals surface area contributed by atoms with Crippen LogP contribution in [0.1, 0.15) is 30.4 Å². The summed E-state index contributed by atoms with van der Waals surface area (Å²) in [7, 11) is 1.70. The van der Waals surface area contributed by atoms with Gasteiger partial charge < -0.3 is 14.5 Å². The van der Waals surface area contributed by atoms with E-state index in [0.717, 1.165) is 44.8 Å². The highest BCUT2D eigenvalue weighted by molar-refractivity contribution is 5.74. The molecular weight excluding hydrogens is 348 g/mol. The van der Waals surface area contributed by atoms with Crippen LogP contribution in [-0.2, 0) is 11.2 Å². The molecule has 4 nitrogen and oxygen atoms in total. The Bertz CT molecular complexity index is 790. The summed E-state index contributed by atoms with van der Waals surface area (Å²) in [6, 6.07) is 19.5. The van der Waals surface area contributed by atoms with Crippen molar-refractivity contribution in [1.29, 1.82) is 0 Å². The monoisotopic (exact) mass is 378 g/mol. The molecule has 28 heavy (non-hydrogen) atoms. The molecule has 0 bridgehead atoms. The van der Waals surface area contributed by atoms with Crippen molar-refractivity contribution in [3.8, 4) is 5.75 Å². The zero-order valence-electron chi connectivity index (χ0n) is 16.9. The Morgan fingerprint density at radius 3 is 2.50 bits per heavy atom. The fourth-order valence-corrected chi connectivity index (χ4v) is 5.01. The van der Waals surface area contributed by atoms with Crippen molar-refractivity contribution in [1.82, 2.24) is 9.80 Å². The van der Waals surface area contributed by atoms with Gasteiger partial charge in [0.1, 0.15) is 5.75 Å². The first kappa shape index (κ1) is 19.0. The minimum atomic E-state index is 0.212. The molecule has 0 saturated carbocycles. The van der Waals surface area contributed by atoms with Gasteiger partial charge in [-0.2, -0.15) is 0 Å². The van der Waals surface area contributed by atoms with E-state index < -0.39 is 0 Å². The van der Waals surface area contributed by atoms with Crippen LogP contribution in [0.4, 0.5) is 0 Å². The standard InChI is InChI=1S/C24H30N2O2/c1-18(27)26-17-22(20-8-10-21(28-2)11-9-20)23-16-25(15-13-24(23)26)14-12-19-6-4-3-5-7-19/h3-11,22-24H,12-17H2,1-2H3/t22-,23-,24-/m1/s1. The second-order valence-electron chi connectivity index (χ2n) is 8.11. The van der Waals surface area contributed by atoms with Crippen molar-refractivity contribution < 1.29 is 9.53 Å². The van der Waals surface area contributed by atoms with Gasteiger partial charge in [0.15, 0.2) is 0 Å². The first-order valence-corrected chi connectivity index (χ1v) is 10.3. The van der Waals surface area contributed by atoms with Gasteiger partial charge in [0.05, 0.1) is 7.11 Å². The van der Waals surface area contributed by atoms with Crippen molar-refractivity contribution in [3.05, 3.63) is 65.7 Å². The van der Waals surface area contributed by atoms with E-state index in [1.807, 2.05) is 12.1 Å². The van der Waals surface area contributed by atoms with E-state index in [-0.39, 0.29) is 5.91 Å². The van der Waals surface area contributed by atoms with E-state index in [0.29, 0.717) is 17.9 Å². The number of hydrogen-bond donors (Lipinski definition) is 0. The molecule has 0 radical (unpaired) electrons. The van der Waals surface area contributed by atoms with Crippen LogP contribution in [0.5, 0.6) is 5.75 Å². The van der Waals surface area contributed by atoms with Crippen molar-refractivity contribution >= 4 is 5.91 Å². The molecule has 1 amide bonds. The molecule has 2 aliphatic heterocycles. The molecule has 0 unspecified atom stereocenters. The topological polar surface area (TPSA) is 32.8 Å². The fraction of sp³-hybridized carbons (Fsp3) is 0.458. The van der Waals surface area contributed by atoms with Crippen LogP contribution in [0.15, 0.2) is 54.6 Å². The van der Waals surface area contributed by atoms with Gasteiger partial charge in [-0.1, -0.05) is 42.5 Å². The number of rotatable bonds is 5. The Kier molecular flexibility index (Phi) is 5.67. The van der Waals surface area contributed by atoms with Gasteiger partial charge in [0.25, 0.3) is 0 Å². The van der Waals surface area contributed by atoms with Crippen molar-refractivity contribution in [3.63, 3.8) is 0 Å². The minimum Gasteiger partial charge on any atom is -0.497 e. The molecular formula is C24H30N2O2. The second-order valence-corrected chi connectivity index (χ2v) is 8.11. The van der Waals surface area contributed by atoms with Crippen LogP contribution in [0, 0.1) is 5.92 Å². The molecule has 2 aromatic rings. The smallest absolute Gasteiger partial charge is 0.219 e. The third kappa shape index (κ3) is 3.93. The van der Waals surface area contributed by atoms with Crippen molar-refractivity contribution in [2.45, 2.75) is 31.7 Å². The molecule has 4 heteroatoms.